The summed E-state index contributed by atoms with van der Waals surface area (Å²) in [5.41, 5.74) is 8.17. The van der Waals surface area contributed by atoms with Crippen molar-refractivity contribution in [3.63, 3.8) is 0 Å². The topological polar surface area (TPSA) is 64.2 Å². The third-order valence-corrected chi connectivity index (χ3v) is 3.25. The largest absolute Gasteiger partial charge is 0.396 e. The van der Waals surface area contributed by atoms with Crippen molar-refractivity contribution in [2.24, 2.45) is 0 Å². The molecule has 0 spiro atoms. The van der Waals surface area contributed by atoms with Gasteiger partial charge in [0.05, 0.1) is 17.1 Å². The van der Waals surface area contributed by atoms with Crippen molar-refractivity contribution < 1.29 is 4.79 Å². The molecule has 0 unspecified atom stereocenters. The number of unbranched alkanes of at least 4 members (excludes halogenated alkanes) is 2. The molecule has 1 heterocycles. The second-order valence-corrected chi connectivity index (χ2v) is 4.76. The molecule has 1 aromatic rings. The van der Waals surface area contributed by atoms with Gasteiger partial charge in [-0.15, -0.1) is 0 Å². The fourth-order valence-corrected chi connectivity index (χ4v) is 1.84. The van der Waals surface area contributed by atoms with Gasteiger partial charge in [-0.05, 0) is 20.3 Å². The summed E-state index contributed by atoms with van der Waals surface area (Å²) < 4.78 is 1.68. The first-order chi connectivity index (χ1) is 8.47. The molecule has 0 aliphatic rings. The fraction of sp³-hybridized carbons (Fsp3) is 0.692. The SMILES string of the molecule is CCCCCN(C)C(=O)Cn1nc(C)c(N)c1C. The zero-order valence-corrected chi connectivity index (χ0v) is 11.9. The maximum atomic E-state index is 12.0. The first-order valence-corrected chi connectivity index (χ1v) is 6.50. The molecule has 5 heteroatoms. The highest BCUT2D eigenvalue weighted by Gasteiger charge is 2.14. The maximum Gasteiger partial charge on any atom is 0.244 e. The molecule has 5 nitrogen and oxygen atoms in total. The van der Waals surface area contributed by atoms with E-state index >= 15 is 0 Å². The predicted molar refractivity (Wildman–Crippen MR) is 73.3 cm³/mol. The number of hydrogen-bond acceptors (Lipinski definition) is 3. The van der Waals surface area contributed by atoms with Crippen LogP contribution in [0.2, 0.25) is 0 Å². The van der Waals surface area contributed by atoms with E-state index in [0.29, 0.717) is 5.69 Å². The number of aromatic nitrogens is 2. The summed E-state index contributed by atoms with van der Waals surface area (Å²) in [7, 11) is 1.84. The van der Waals surface area contributed by atoms with Crippen LogP contribution in [0.4, 0.5) is 5.69 Å². The summed E-state index contributed by atoms with van der Waals surface area (Å²) >= 11 is 0. The fourth-order valence-electron chi connectivity index (χ4n) is 1.84. The molecule has 102 valence electrons. The van der Waals surface area contributed by atoms with Crippen molar-refractivity contribution in [3.8, 4) is 0 Å². The Morgan fingerprint density at radius 2 is 2.06 bits per heavy atom. The van der Waals surface area contributed by atoms with Crippen molar-refractivity contribution in [3.05, 3.63) is 11.4 Å². The van der Waals surface area contributed by atoms with Gasteiger partial charge < -0.3 is 10.6 Å². The van der Waals surface area contributed by atoms with E-state index < -0.39 is 0 Å². The smallest absolute Gasteiger partial charge is 0.244 e. The summed E-state index contributed by atoms with van der Waals surface area (Å²) in [6, 6.07) is 0. The zero-order chi connectivity index (χ0) is 13.7. The molecule has 18 heavy (non-hydrogen) atoms. The zero-order valence-electron chi connectivity index (χ0n) is 11.9. The minimum Gasteiger partial charge on any atom is -0.396 e. The summed E-state index contributed by atoms with van der Waals surface area (Å²) in [4.78, 5) is 13.8. The molecule has 1 amide bonds. The molecular weight excluding hydrogens is 228 g/mol. The van der Waals surface area contributed by atoms with Crippen LogP contribution in [0.5, 0.6) is 0 Å². The Balaban J connectivity index is 2.56. The van der Waals surface area contributed by atoms with Crippen molar-refractivity contribution in [1.29, 1.82) is 0 Å². The minimum absolute atomic E-state index is 0.0803. The molecule has 0 saturated heterocycles. The van der Waals surface area contributed by atoms with Gasteiger partial charge in [-0.3, -0.25) is 9.48 Å². The van der Waals surface area contributed by atoms with Crippen LogP contribution in [0.15, 0.2) is 0 Å². The Morgan fingerprint density at radius 1 is 1.39 bits per heavy atom. The van der Waals surface area contributed by atoms with E-state index in [1.54, 1.807) is 9.58 Å². The van der Waals surface area contributed by atoms with Crippen molar-refractivity contribution in [1.82, 2.24) is 14.7 Å². The molecule has 0 saturated carbocycles. The molecule has 0 atom stereocenters. The van der Waals surface area contributed by atoms with E-state index in [4.69, 9.17) is 5.73 Å². The van der Waals surface area contributed by atoms with Crippen LogP contribution in [0, 0.1) is 13.8 Å². The van der Waals surface area contributed by atoms with Gasteiger partial charge in [0.15, 0.2) is 0 Å². The molecule has 1 rings (SSSR count). The number of hydrogen-bond donors (Lipinski definition) is 1. The van der Waals surface area contributed by atoms with Gasteiger partial charge in [-0.1, -0.05) is 19.8 Å². The van der Waals surface area contributed by atoms with Crippen molar-refractivity contribution in [2.45, 2.75) is 46.6 Å². The number of amides is 1. The molecule has 0 aromatic carbocycles. The van der Waals surface area contributed by atoms with Gasteiger partial charge in [0.2, 0.25) is 5.91 Å². The lowest BCUT2D eigenvalue weighted by molar-refractivity contribution is -0.130. The van der Waals surface area contributed by atoms with Crippen LogP contribution in [0.25, 0.3) is 0 Å². The first kappa shape index (κ1) is 14.5. The molecule has 0 aliphatic carbocycles. The summed E-state index contributed by atoms with van der Waals surface area (Å²) in [6.07, 6.45) is 3.37. The number of nitrogen functional groups attached to an aromatic ring is 1. The normalized spacial score (nSPS) is 10.7. The van der Waals surface area contributed by atoms with E-state index in [1.807, 2.05) is 20.9 Å². The van der Waals surface area contributed by atoms with Gasteiger partial charge in [-0.25, -0.2) is 0 Å². The minimum atomic E-state index is 0.0803. The number of carbonyl (C=O) groups excluding carboxylic acids is 1. The Labute approximate surface area is 109 Å². The lowest BCUT2D eigenvalue weighted by Gasteiger charge is -2.17. The van der Waals surface area contributed by atoms with E-state index in [1.165, 1.54) is 0 Å². The van der Waals surface area contributed by atoms with Crippen LogP contribution >= 0.6 is 0 Å². The third kappa shape index (κ3) is 3.48. The molecule has 0 radical (unpaired) electrons. The average molecular weight is 252 g/mol. The van der Waals surface area contributed by atoms with Crippen molar-refractivity contribution >= 4 is 11.6 Å². The van der Waals surface area contributed by atoms with Crippen LogP contribution in [0.1, 0.15) is 37.6 Å². The van der Waals surface area contributed by atoms with Crippen LogP contribution in [0.3, 0.4) is 0 Å². The highest BCUT2D eigenvalue weighted by atomic mass is 16.2. The molecule has 1 aromatic heterocycles. The van der Waals surface area contributed by atoms with Gasteiger partial charge in [-0.2, -0.15) is 5.10 Å². The van der Waals surface area contributed by atoms with Crippen molar-refractivity contribution in [2.75, 3.05) is 19.3 Å². The number of nitrogens with two attached hydrogens (primary N) is 1. The standard InChI is InChI=1S/C13H24N4O/c1-5-6-7-8-16(4)12(18)9-17-11(3)13(14)10(2)15-17/h5-9,14H2,1-4H3. The Kier molecular flexibility index (Phi) is 5.19. The van der Waals surface area contributed by atoms with Gasteiger partial charge in [0, 0.05) is 13.6 Å². The van der Waals surface area contributed by atoms with Crippen LogP contribution in [-0.4, -0.2) is 34.2 Å². The van der Waals surface area contributed by atoms with Gasteiger partial charge in [0.1, 0.15) is 6.54 Å². The quantitative estimate of drug-likeness (QED) is 0.784. The highest BCUT2D eigenvalue weighted by Crippen LogP contribution is 2.14. The first-order valence-electron chi connectivity index (χ1n) is 6.50. The Morgan fingerprint density at radius 3 is 2.56 bits per heavy atom. The van der Waals surface area contributed by atoms with E-state index in [2.05, 4.69) is 12.0 Å². The number of anilines is 1. The van der Waals surface area contributed by atoms with E-state index in [-0.39, 0.29) is 12.5 Å². The molecule has 0 bridgehead atoms. The average Bonchev–Trinajstić information content (AvgIpc) is 2.57. The summed E-state index contributed by atoms with van der Waals surface area (Å²) in [6.45, 7) is 6.97. The Hall–Kier alpha value is -1.52. The second kappa shape index (κ2) is 6.42. The lowest BCUT2D eigenvalue weighted by Crippen LogP contribution is -2.31. The van der Waals surface area contributed by atoms with Crippen LogP contribution in [-0.2, 0) is 11.3 Å². The molecule has 2 N–H and O–H groups in total. The second-order valence-electron chi connectivity index (χ2n) is 4.76. The number of rotatable bonds is 6. The monoisotopic (exact) mass is 252 g/mol. The molecule has 0 fully saturated rings. The Bertz CT molecular complexity index is 411. The molecule has 0 aliphatic heterocycles. The number of nitrogens with zero attached hydrogens (tertiary/aromatic N) is 3. The van der Waals surface area contributed by atoms with E-state index in [0.717, 1.165) is 37.2 Å². The lowest BCUT2D eigenvalue weighted by atomic mass is 10.2. The number of aryl methyl sites for hydroxylation is 1. The summed E-state index contributed by atoms with van der Waals surface area (Å²) in [5.74, 6) is 0.0803. The maximum absolute atomic E-state index is 12.0. The van der Waals surface area contributed by atoms with E-state index in [9.17, 15) is 4.79 Å². The highest BCUT2D eigenvalue weighted by molar-refractivity contribution is 5.75. The summed E-state index contributed by atoms with van der Waals surface area (Å²) in [5, 5.41) is 4.27. The predicted octanol–water partition coefficient (Wildman–Crippen LogP) is 1.73. The van der Waals surface area contributed by atoms with Gasteiger partial charge in [0.25, 0.3) is 0 Å². The third-order valence-electron chi connectivity index (χ3n) is 3.25. The number of likely N-dealkylation sites (N-methyl/N-ethyl adjacent to an activating group) is 1. The van der Waals surface area contributed by atoms with Crippen LogP contribution < -0.4 is 5.73 Å². The molecular formula is C13H24N4O. The number of carbonyl (C=O) groups is 1. The van der Waals surface area contributed by atoms with Gasteiger partial charge >= 0.3 is 0 Å².